The van der Waals surface area contributed by atoms with E-state index in [-0.39, 0.29) is 6.04 Å². The highest BCUT2D eigenvalue weighted by Crippen LogP contribution is 2.21. The van der Waals surface area contributed by atoms with Crippen LogP contribution in [0.15, 0.2) is 22.9 Å². The van der Waals surface area contributed by atoms with E-state index in [0.29, 0.717) is 5.15 Å². The number of aryl methyl sites for hydroxylation is 1. The predicted octanol–water partition coefficient (Wildman–Crippen LogP) is 3.93. The first-order chi connectivity index (χ1) is 8.19. The Balaban J connectivity index is 2.15. The molecule has 0 aromatic carbocycles. The molecular weight excluding hydrogens is 254 g/mol. The fourth-order valence-electron chi connectivity index (χ4n) is 1.52. The van der Waals surface area contributed by atoms with Gasteiger partial charge in [0.05, 0.1) is 6.04 Å². The van der Waals surface area contributed by atoms with E-state index in [1.54, 1.807) is 17.4 Å². The molecule has 0 fully saturated rings. The predicted molar refractivity (Wildman–Crippen MR) is 72.8 cm³/mol. The molecule has 2 heterocycles. The van der Waals surface area contributed by atoms with Crippen molar-refractivity contribution < 1.29 is 0 Å². The van der Waals surface area contributed by atoms with Crippen molar-refractivity contribution in [2.75, 3.05) is 5.32 Å². The lowest BCUT2D eigenvalue weighted by atomic mass is 10.2. The monoisotopic (exact) mass is 267 g/mol. The maximum atomic E-state index is 5.95. The summed E-state index contributed by atoms with van der Waals surface area (Å²) in [5.74, 6) is 1.54. The molecule has 5 heteroatoms. The molecule has 17 heavy (non-hydrogen) atoms. The second-order valence-electron chi connectivity index (χ2n) is 3.77. The maximum absolute atomic E-state index is 5.95. The molecule has 2 aromatic heterocycles. The van der Waals surface area contributed by atoms with Crippen molar-refractivity contribution in [3.63, 3.8) is 0 Å². The number of hydrogen-bond donors (Lipinski definition) is 1. The van der Waals surface area contributed by atoms with Crippen LogP contribution in [-0.4, -0.2) is 9.97 Å². The molecule has 2 aromatic rings. The summed E-state index contributed by atoms with van der Waals surface area (Å²) in [6, 6.07) is 4.08. The van der Waals surface area contributed by atoms with Gasteiger partial charge in [-0.25, -0.2) is 9.97 Å². The van der Waals surface area contributed by atoms with E-state index in [2.05, 4.69) is 39.0 Å². The zero-order valence-corrected chi connectivity index (χ0v) is 11.3. The van der Waals surface area contributed by atoms with Gasteiger partial charge in [0.2, 0.25) is 0 Å². The number of aromatic nitrogens is 2. The fourth-order valence-corrected chi connectivity index (χ4v) is 2.48. The summed E-state index contributed by atoms with van der Waals surface area (Å²) in [6.07, 6.45) is 0.780. The Morgan fingerprint density at radius 2 is 2.29 bits per heavy atom. The molecule has 0 radical (unpaired) electrons. The van der Waals surface area contributed by atoms with Gasteiger partial charge in [0.15, 0.2) is 0 Å². The van der Waals surface area contributed by atoms with Crippen LogP contribution in [-0.2, 0) is 6.42 Å². The highest BCUT2D eigenvalue weighted by Gasteiger charge is 2.08. The molecule has 0 saturated carbocycles. The molecule has 0 aliphatic carbocycles. The molecule has 0 saturated heterocycles. The third-order valence-corrected chi connectivity index (χ3v) is 3.36. The van der Waals surface area contributed by atoms with Crippen molar-refractivity contribution in [2.45, 2.75) is 26.3 Å². The quantitative estimate of drug-likeness (QED) is 0.853. The molecular formula is C12H14ClN3S. The number of hydrogen-bond acceptors (Lipinski definition) is 4. The van der Waals surface area contributed by atoms with Crippen molar-refractivity contribution in [3.05, 3.63) is 39.4 Å². The number of halogens is 1. The molecule has 0 spiro atoms. The van der Waals surface area contributed by atoms with Gasteiger partial charge in [-0.1, -0.05) is 18.5 Å². The Morgan fingerprint density at radius 3 is 2.94 bits per heavy atom. The third kappa shape index (κ3) is 3.17. The summed E-state index contributed by atoms with van der Waals surface area (Å²) in [6.45, 7) is 4.11. The second-order valence-corrected chi connectivity index (χ2v) is 4.94. The van der Waals surface area contributed by atoms with Gasteiger partial charge in [-0.05, 0) is 29.3 Å². The minimum Gasteiger partial charge on any atom is -0.363 e. The lowest BCUT2D eigenvalue weighted by Gasteiger charge is -2.13. The molecule has 0 bridgehead atoms. The fraction of sp³-hybridized carbons (Fsp3) is 0.333. The van der Waals surface area contributed by atoms with Crippen molar-refractivity contribution in [1.29, 1.82) is 0 Å². The topological polar surface area (TPSA) is 37.8 Å². The minimum absolute atomic E-state index is 0.219. The molecule has 2 rings (SSSR count). The van der Waals surface area contributed by atoms with Gasteiger partial charge in [0.25, 0.3) is 0 Å². The number of nitrogens with zero attached hydrogens (tertiary/aromatic N) is 2. The van der Waals surface area contributed by atoms with E-state index in [4.69, 9.17) is 11.6 Å². The lowest BCUT2D eigenvalue weighted by Crippen LogP contribution is -2.08. The van der Waals surface area contributed by atoms with Crippen molar-refractivity contribution in [1.82, 2.24) is 9.97 Å². The normalized spacial score (nSPS) is 12.4. The van der Waals surface area contributed by atoms with E-state index >= 15 is 0 Å². The zero-order chi connectivity index (χ0) is 12.3. The smallest absolute Gasteiger partial charge is 0.134 e. The van der Waals surface area contributed by atoms with Crippen LogP contribution in [0, 0.1) is 0 Å². The van der Waals surface area contributed by atoms with Crippen LogP contribution < -0.4 is 5.32 Å². The summed E-state index contributed by atoms with van der Waals surface area (Å²) in [7, 11) is 0. The van der Waals surface area contributed by atoms with E-state index in [0.717, 1.165) is 18.1 Å². The highest BCUT2D eigenvalue weighted by atomic mass is 35.5. The van der Waals surface area contributed by atoms with Gasteiger partial charge in [-0.15, -0.1) is 0 Å². The average Bonchev–Trinajstić information content (AvgIpc) is 2.81. The molecule has 3 nitrogen and oxygen atoms in total. The average molecular weight is 268 g/mol. The molecule has 0 amide bonds. The Bertz CT molecular complexity index is 485. The molecule has 1 atom stereocenters. The van der Waals surface area contributed by atoms with Crippen LogP contribution in [0.25, 0.3) is 0 Å². The van der Waals surface area contributed by atoms with Crippen LogP contribution in [0.2, 0.25) is 5.15 Å². The van der Waals surface area contributed by atoms with Crippen molar-refractivity contribution >= 4 is 28.8 Å². The van der Waals surface area contributed by atoms with Gasteiger partial charge >= 0.3 is 0 Å². The van der Waals surface area contributed by atoms with E-state index in [9.17, 15) is 0 Å². The molecule has 1 unspecified atom stereocenters. The first-order valence-corrected chi connectivity index (χ1v) is 6.83. The number of rotatable bonds is 4. The SMILES string of the molecule is CCc1nc(Cl)cc(NC(C)c2ccsc2)n1. The van der Waals surface area contributed by atoms with Gasteiger partial charge in [0.1, 0.15) is 16.8 Å². The van der Waals surface area contributed by atoms with E-state index < -0.39 is 0 Å². The zero-order valence-electron chi connectivity index (χ0n) is 9.77. The number of anilines is 1. The molecule has 1 N–H and O–H groups in total. The van der Waals surface area contributed by atoms with E-state index in [1.807, 2.05) is 6.92 Å². The van der Waals surface area contributed by atoms with Crippen molar-refractivity contribution in [3.8, 4) is 0 Å². The minimum atomic E-state index is 0.219. The third-order valence-electron chi connectivity index (χ3n) is 2.46. The molecule has 0 aliphatic rings. The van der Waals surface area contributed by atoms with Gasteiger partial charge in [-0.2, -0.15) is 11.3 Å². The lowest BCUT2D eigenvalue weighted by molar-refractivity contribution is 0.861. The standard InChI is InChI=1S/C12H14ClN3S/c1-3-11-15-10(13)6-12(16-11)14-8(2)9-4-5-17-7-9/h4-8H,3H2,1-2H3,(H,14,15,16). The number of thiophene rings is 1. The van der Waals surface area contributed by atoms with Crippen LogP contribution >= 0.6 is 22.9 Å². The Morgan fingerprint density at radius 1 is 1.47 bits per heavy atom. The van der Waals surface area contributed by atoms with Crippen LogP contribution in [0.3, 0.4) is 0 Å². The highest BCUT2D eigenvalue weighted by molar-refractivity contribution is 7.07. The summed E-state index contributed by atoms with van der Waals surface area (Å²) >= 11 is 7.64. The summed E-state index contributed by atoms with van der Waals surface area (Å²) in [4.78, 5) is 8.54. The van der Waals surface area contributed by atoms with Crippen LogP contribution in [0.4, 0.5) is 5.82 Å². The Labute approximate surface area is 110 Å². The van der Waals surface area contributed by atoms with Gasteiger partial charge in [-0.3, -0.25) is 0 Å². The first kappa shape index (κ1) is 12.3. The Hall–Kier alpha value is -1.13. The van der Waals surface area contributed by atoms with Crippen molar-refractivity contribution in [2.24, 2.45) is 0 Å². The van der Waals surface area contributed by atoms with Gasteiger partial charge in [0, 0.05) is 12.5 Å². The second kappa shape index (κ2) is 5.47. The molecule has 90 valence electrons. The first-order valence-electron chi connectivity index (χ1n) is 5.51. The van der Waals surface area contributed by atoms with E-state index in [1.165, 1.54) is 5.56 Å². The molecule has 0 aliphatic heterocycles. The largest absolute Gasteiger partial charge is 0.363 e. The van der Waals surface area contributed by atoms with Gasteiger partial charge < -0.3 is 5.32 Å². The summed E-state index contributed by atoms with van der Waals surface area (Å²) in [5.41, 5.74) is 1.25. The maximum Gasteiger partial charge on any atom is 0.134 e. The summed E-state index contributed by atoms with van der Waals surface area (Å²) in [5, 5.41) is 8.01. The Kier molecular flexibility index (Phi) is 3.97. The summed E-state index contributed by atoms with van der Waals surface area (Å²) < 4.78 is 0. The van der Waals surface area contributed by atoms with Crippen LogP contribution in [0.1, 0.15) is 31.3 Å². The number of nitrogens with one attached hydrogen (secondary N) is 1. The van der Waals surface area contributed by atoms with Crippen LogP contribution in [0.5, 0.6) is 0 Å².